The van der Waals surface area contributed by atoms with E-state index >= 15 is 0 Å². The van der Waals surface area contributed by atoms with Crippen molar-refractivity contribution in [3.63, 3.8) is 0 Å². The Morgan fingerprint density at radius 3 is 2.61 bits per heavy atom. The Hall–Kier alpha value is -3.61. The highest BCUT2D eigenvalue weighted by Crippen LogP contribution is 2.29. The SMILES string of the molecule is COc1cc(C=CC(=O)Nc2nc(-c3ccccc3)cs2)ccc1OCc1ccc(Cl)cc1. The summed E-state index contributed by atoms with van der Waals surface area (Å²) in [4.78, 5) is 16.8. The van der Waals surface area contributed by atoms with Gasteiger partial charge in [0.05, 0.1) is 12.8 Å². The minimum atomic E-state index is -0.258. The molecule has 1 aromatic heterocycles. The van der Waals surface area contributed by atoms with Gasteiger partial charge in [-0.2, -0.15) is 0 Å². The van der Waals surface area contributed by atoms with Crippen LogP contribution in [0.4, 0.5) is 5.13 Å². The Bertz CT molecular complexity index is 1250. The third-order valence-corrected chi connectivity index (χ3v) is 5.74. The molecule has 7 heteroatoms. The van der Waals surface area contributed by atoms with E-state index in [1.165, 1.54) is 17.4 Å². The van der Waals surface area contributed by atoms with Crippen LogP contribution >= 0.6 is 22.9 Å². The van der Waals surface area contributed by atoms with Gasteiger partial charge >= 0.3 is 0 Å². The molecule has 1 amide bonds. The van der Waals surface area contributed by atoms with Crippen molar-refractivity contribution in [3.05, 3.63) is 100 Å². The molecule has 0 saturated carbocycles. The van der Waals surface area contributed by atoms with Crippen LogP contribution in [0.2, 0.25) is 5.02 Å². The van der Waals surface area contributed by atoms with Crippen molar-refractivity contribution >= 4 is 40.1 Å². The van der Waals surface area contributed by atoms with E-state index in [0.717, 1.165) is 22.4 Å². The zero-order valence-electron chi connectivity index (χ0n) is 17.8. The Morgan fingerprint density at radius 2 is 1.85 bits per heavy atom. The summed E-state index contributed by atoms with van der Waals surface area (Å²) in [6.07, 6.45) is 3.18. The van der Waals surface area contributed by atoms with Gasteiger partial charge in [0.1, 0.15) is 6.61 Å². The number of carbonyl (C=O) groups excluding carboxylic acids is 1. The van der Waals surface area contributed by atoms with Crippen LogP contribution in [0, 0.1) is 0 Å². The molecule has 0 aliphatic carbocycles. The third kappa shape index (κ3) is 6.22. The highest BCUT2D eigenvalue weighted by molar-refractivity contribution is 7.14. The number of benzene rings is 3. The first-order valence-electron chi connectivity index (χ1n) is 10.2. The van der Waals surface area contributed by atoms with Gasteiger partial charge in [-0.25, -0.2) is 4.98 Å². The summed E-state index contributed by atoms with van der Waals surface area (Å²) in [7, 11) is 1.58. The summed E-state index contributed by atoms with van der Waals surface area (Å²) in [5.41, 5.74) is 3.65. The molecule has 0 radical (unpaired) electrons. The number of hydrogen-bond acceptors (Lipinski definition) is 5. The standard InChI is InChI=1S/C26H21ClN2O3S/c1-31-24-15-18(9-13-23(24)32-16-19-7-11-21(27)12-8-19)10-14-25(30)29-26-28-22(17-33-26)20-5-3-2-4-6-20/h2-15,17H,16H2,1H3,(H,28,29,30). The van der Waals surface area contributed by atoms with Gasteiger partial charge < -0.3 is 9.47 Å². The fourth-order valence-electron chi connectivity index (χ4n) is 3.04. The first kappa shape index (κ1) is 22.6. The third-order valence-electron chi connectivity index (χ3n) is 4.73. The minimum absolute atomic E-state index is 0.258. The fourth-order valence-corrected chi connectivity index (χ4v) is 3.89. The molecule has 4 aromatic rings. The molecule has 4 rings (SSSR count). The molecule has 0 saturated heterocycles. The topological polar surface area (TPSA) is 60.5 Å². The lowest BCUT2D eigenvalue weighted by molar-refractivity contribution is -0.111. The van der Waals surface area contributed by atoms with E-state index in [4.69, 9.17) is 21.1 Å². The van der Waals surface area contributed by atoms with Gasteiger partial charge in [-0.05, 0) is 41.5 Å². The largest absolute Gasteiger partial charge is 0.493 e. The highest BCUT2D eigenvalue weighted by Gasteiger charge is 2.08. The molecule has 0 unspecified atom stereocenters. The Kier molecular flexibility index (Phi) is 7.40. The Labute approximate surface area is 201 Å². The van der Waals surface area contributed by atoms with E-state index < -0.39 is 0 Å². The van der Waals surface area contributed by atoms with Crippen LogP contribution in [0.25, 0.3) is 17.3 Å². The van der Waals surface area contributed by atoms with Gasteiger partial charge in [-0.3, -0.25) is 10.1 Å². The molecular weight excluding hydrogens is 456 g/mol. The average Bonchev–Trinajstić information content (AvgIpc) is 3.31. The second-order valence-corrected chi connectivity index (χ2v) is 8.35. The normalized spacial score (nSPS) is 10.8. The number of rotatable bonds is 8. The van der Waals surface area contributed by atoms with Gasteiger partial charge in [0.2, 0.25) is 5.91 Å². The molecule has 0 bridgehead atoms. The van der Waals surface area contributed by atoms with Crippen molar-refractivity contribution < 1.29 is 14.3 Å². The van der Waals surface area contributed by atoms with Crippen molar-refractivity contribution in [2.75, 3.05) is 12.4 Å². The second-order valence-electron chi connectivity index (χ2n) is 7.05. The van der Waals surface area contributed by atoms with Crippen molar-refractivity contribution in [1.29, 1.82) is 0 Å². The van der Waals surface area contributed by atoms with Gasteiger partial charge in [0.15, 0.2) is 16.6 Å². The lowest BCUT2D eigenvalue weighted by Gasteiger charge is -2.11. The maximum absolute atomic E-state index is 12.3. The van der Waals surface area contributed by atoms with Crippen LogP contribution in [-0.2, 0) is 11.4 Å². The van der Waals surface area contributed by atoms with Gasteiger partial charge in [-0.1, -0.05) is 60.1 Å². The quantitative estimate of drug-likeness (QED) is 0.287. The summed E-state index contributed by atoms with van der Waals surface area (Å²) in [5.74, 6) is 0.940. The molecule has 33 heavy (non-hydrogen) atoms. The maximum Gasteiger partial charge on any atom is 0.250 e. The zero-order valence-corrected chi connectivity index (χ0v) is 19.4. The van der Waals surface area contributed by atoms with Crippen LogP contribution in [0.3, 0.4) is 0 Å². The molecule has 0 fully saturated rings. The number of aromatic nitrogens is 1. The smallest absolute Gasteiger partial charge is 0.250 e. The van der Waals surface area contributed by atoms with Crippen LogP contribution in [-0.4, -0.2) is 18.0 Å². The lowest BCUT2D eigenvalue weighted by atomic mass is 10.2. The molecule has 0 aliphatic heterocycles. The summed E-state index contributed by atoms with van der Waals surface area (Å²) in [6, 6.07) is 22.8. The number of methoxy groups -OCH3 is 1. The van der Waals surface area contributed by atoms with Crippen molar-refractivity contribution in [2.45, 2.75) is 6.61 Å². The van der Waals surface area contributed by atoms with Crippen molar-refractivity contribution in [2.24, 2.45) is 0 Å². The summed E-state index contributed by atoms with van der Waals surface area (Å²) >= 11 is 7.30. The van der Waals surface area contributed by atoms with E-state index in [0.29, 0.717) is 28.3 Å². The minimum Gasteiger partial charge on any atom is -0.493 e. The van der Waals surface area contributed by atoms with E-state index in [1.807, 2.05) is 78.2 Å². The molecule has 0 aliphatic rings. The molecule has 166 valence electrons. The van der Waals surface area contributed by atoms with Crippen molar-refractivity contribution in [3.8, 4) is 22.8 Å². The number of hydrogen-bond donors (Lipinski definition) is 1. The number of anilines is 1. The van der Waals surface area contributed by atoms with Gasteiger partial charge in [-0.15, -0.1) is 11.3 Å². The number of amides is 1. The number of nitrogens with one attached hydrogen (secondary N) is 1. The Morgan fingerprint density at radius 1 is 1.06 bits per heavy atom. The number of nitrogens with zero attached hydrogens (tertiary/aromatic N) is 1. The van der Waals surface area contributed by atoms with Crippen LogP contribution in [0.1, 0.15) is 11.1 Å². The predicted molar refractivity (Wildman–Crippen MR) is 134 cm³/mol. The summed E-state index contributed by atoms with van der Waals surface area (Å²) < 4.78 is 11.3. The fraction of sp³-hybridized carbons (Fsp3) is 0.0769. The summed E-state index contributed by atoms with van der Waals surface area (Å²) in [6.45, 7) is 0.393. The number of ether oxygens (including phenoxy) is 2. The maximum atomic E-state index is 12.3. The highest BCUT2D eigenvalue weighted by atomic mass is 35.5. The van der Waals surface area contributed by atoms with Crippen LogP contribution in [0.5, 0.6) is 11.5 Å². The Balaban J connectivity index is 1.37. The first-order chi connectivity index (χ1) is 16.1. The number of thiazole rings is 1. The molecule has 5 nitrogen and oxygen atoms in total. The summed E-state index contributed by atoms with van der Waals surface area (Å²) in [5, 5.41) is 5.95. The van der Waals surface area contributed by atoms with E-state index in [2.05, 4.69) is 10.3 Å². The average molecular weight is 477 g/mol. The van der Waals surface area contributed by atoms with E-state index in [-0.39, 0.29) is 5.91 Å². The first-order valence-corrected chi connectivity index (χ1v) is 11.4. The monoisotopic (exact) mass is 476 g/mol. The predicted octanol–water partition coefficient (Wildman–Crippen LogP) is 6.70. The van der Waals surface area contributed by atoms with Gasteiger partial charge in [0, 0.05) is 22.0 Å². The molecule has 3 aromatic carbocycles. The van der Waals surface area contributed by atoms with E-state index in [9.17, 15) is 4.79 Å². The van der Waals surface area contributed by atoms with Crippen molar-refractivity contribution in [1.82, 2.24) is 4.98 Å². The molecule has 1 N–H and O–H groups in total. The molecule has 0 atom stereocenters. The second kappa shape index (κ2) is 10.8. The lowest BCUT2D eigenvalue weighted by Crippen LogP contribution is -2.07. The van der Waals surface area contributed by atoms with Crippen LogP contribution < -0.4 is 14.8 Å². The van der Waals surface area contributed by atoms with Crippen LogP contribution in [0.15, 0.2) is 84.3 Å². The number of halogens is 1. The van der Waals surface area contributed by atoms with E-state index in [1.54, 1.807) is 13.2 Å². The van der Waals surface area contributed by atoms with Gasteiger partial charge in [0.25, 0.3) is 0 Å². The molecule has 0 spiro atoms. The number of carbonyl (C=O) groups is 1. The molecular formula is C26H21ClN2O3S. The molecule has 1 heterocycles. The zero-order chi connectivity index (χ0) is 23.0.